The summed E-state index contributed by atoms with van der Waals surface area (Å²) >= 11 is 0.899. The summed E-state index contributed by atoms with van der Waals surface area (Å²) in [7, 11) is 1.39. The number of primary amides is 4. The van der Waals surface area contributed by atoms with E-state index in [9.17, 15) is 72.5 Å². The van der Waals surface area contributed by atoms with Gasteiger partial charge in [0.05, 0.1) is 26.2 Å². The summed E-state index contributed by atoms with van der Waals surface area (Å²) in [6.45, 7) is 2.79. The number of anilines is 1. The Balaban J connectivity index is 1.65. The minimum Gasteiger partial charge on any atom is -0.497 e. The highest BCUT2D eigenvalue weighted by Gasteiger charge is 2.42. The number of rotatable bonds is 38. The number of fused-ring (bicyclic) bond motifs is 1. The number of hydrogen-bond acceptors (Lipinski definition) is 22. The summed E-state index contributed by atoms with van der Waals surface area (Å²) in [5.74, 6) is -19.2. The predicted octanol–water partition coefficient (Wildman–Crippen LogP) is -6.23. The molecule has 1 fully saturated rings. The molecule has 620 valence electrons. The Morgan fingerprint density at radius 1 is 0.649 bits per heavy atom. The number of aliphatic hydroxyl groups excluding tert-OH is 1. The number of ether oxygens (including phenoxy) is 1. The lowest BCUT2D eigenvalue weighted by atomic mass is 9.91. The molecule has 0 radical (unpaired) electrons. The molecule has 29 N–H and O–H groups in total. The number of carbonyl (C=O) groups excluding carboxylic acids is 16. The Hall–Kier alpha value is -12.5. The lowest BCUT2D eigenvalue weighted by Crippen LogP contribution is -2.64. The number of amides is 16. The molecule has 41 nitrogen and oxygen atoms in total. The van der Waals surface area contributed by atoms with E-state index in [0.29, 0.717) is 39.0 Å². The zero-order chi connectivity index (χ0) is 84.5. The standard InChI is InChI=1S/C72H101N21O20S/c1-36(94)59-69(111)89-51(31-40-33-80-44-10-6-5-9-43(40)44)66(108)85-45(19-22-54(74)96)61(103)90-53(35-114-28-25-48(82-37(2)95)63(105)84-46(64(106)92-59)20-23-55(75)97)67(109)86-49(29-39-13-17-42(113-4)18-14-39)65(107)87-50(30-38-11-15-41(16-12-38)83-71(78)79)68(110)93-72(3,26-7-8-27-73)70(112)91-47(21-24-58(100)101)62(104)88-52(32-56(76)98)60(102)81-34-57(77)99/h5-6,9-18,33,36,45-53,59,80,94H,7-8,19-32,34-35,73H2,1-4H3,(H2,74,96)(H2,75,97)(H2,76,98)(H2,77,99)(H,81,102)(H,82,95)(H,84,105)(H,85,108)(H,86,109)(H,87,107)(H,88,104)(H,89,111)(H,90,103)(H,91,112)(H,92,106)(H,93,110)(H,100,101)(H4,78,79,83)/t36-,45+,46+,47+,48+,49+,50+,51+,52+,53+,59+,72+/m1/s1. The number of methoxy groups -OCH3 is 1. The van der Waals surface area contributed by atoms with Crippen LogP contribution in [0.15, 0.2) is 79.0 Å². The van der Waals surface area contributed by atoms with E-state index in [1.54, 1.807) is 24.3 Å². The molecule has 3 aromatic carbocycles. The van der Waals surface area contributed by atoms with Gasteiger partial charge >= 0.3 is 5.97 Å². The molecule has 42 heteroatoms. The van der Waals surface area contributed by atoms with E-state index in [0.717, 1.165) is 25.6 Å². The lowest BCUT2D eigenvalue weighted by molar-refractivity contribution is -0.140. The molecule has 0 spiro atoms. The average Bonchev–Trinajstić information content (AvgIpc) is 1.44. The first-order chi connectivity index (χ1) is 53.9. The van der Waals surface area contributed by atoms with Crippen LogP contribution in [-0.2, 0) is 101 Å². The molecular formula is C72H101N21O20S. The van der Waals surface area contributed by atoms with Crippen LogP contribution >= 0.6 is 11.8 Å². The Labute approximate surface area is 658 Å². The monoisotopic (exact) mass is 1610 g/mol. The molecule has 0 saturated carbocycles. The normalized spacial score (nSPS) is 18.9. The van der Waals surface area contributed by atoms with E-state index >= 15 is 19.2 Å². The molecule has 5 rings (SSSR count). The van der Waals surface area contributed by atoms with Crippen molar-refractivity contribution in [2.75, 3.05) is 37.0 Å². The maximum Gasteiger partial charge on any atom is 0.303 e. The van der Waals surface area contributed by atoms with E-state index in [-0.39, 0.29) is 44.4 Å². The van der Waals surface area contributed by atoms with Crippen molar-refractivity contribution in [1.82, 2.24) is 68.8 Å². The van der Waals surface area contributed by atoms with Gasteiger partial charge in [-0.25, -0.2) is 0 Å². The van der Waals surface area contributed by atoms with Crippen molar-refractivity contribution < 1.29 is 96.5 Å². The fourth-order valence-corrected chi connectivity index (χ4v) is 12.8. The zero-order valence-corrected chi connectivity index (χ0v) is 64.0. The molecule has 2 heterocycles. The van der Waals surface area contributed by atoms with Gasteiger partial charge in [-0.05, 0) is 118 Å². The third-order valence-corrected chi connectivity index (χ3v) is 19.0. The van der Waals surface area contributed by atoms with Gasteiger partial charge in [0.15, 0.2) is 5.96 Å². The predicted molar refractivity (Wildman–Crippen MR) is 412 cm³/mol. The quantitative estimate of drug-likeness (QED) is 0.0113. The molecule has 0 unspecified atom stereocenters. The SMILES string of the molecule is COc1ccc(C[C@H](NC(=O)[C@@H]2CSCC[C@H](NC(C)=O)C(=O)N[C@@H](CCC(N)=O)C(=O)N[C@@H]([C@@H](C)O)C(=O)N[C@@H](Cc3c[nH]c4ccccc34)C(=O)N[C@@H](CCC(N)=O)C(=O)N2)C(=O)N[C@@H](Cc2ccc(NC(=N)N)cc2)C(=O)N[C@@](C)(CCCCN)C(=O)N[C@@H](CCC(=O)O)C(=O)N[C@@H](CC(N)=O)C(=O)NCC(N)=O)cc1. The molecule has 12 atom stereocenters. The second kappa shape index (κ2) is 45.1. The number of hydrogen-bond donors (Lipinski definition) is 23. The molecule has 0 bridgehead atoms. The van der Waals surface area contributed by atoms with Gasteiger partial charge in [-0.15, -0.1) is 0 Å². The minimum absolute atomic E-state index is 0.0711. The van der Waals surface area contributed by atoms with Crippen LogP contribution in [0.3, 0.4) is 0 Å². The summed E-state index contributed by atoms with van der Waals surface area (Å²) in [5, 5.41) is 61.6. The van der Waals surface area contributed by atoms with Crippen LogP contribution in [0.5, 0.6) is 5.75 Å². The topological polar surface area (TPSA) is 692 Å². The average molecular weight is 1610 g/mol. The van der Waals surface area contributed by atoms with Crippen molar-refractivity contribution in [2.45, 2.75) is 183 Å². The van der Waals surface area contributed by atoms with Gasteiger partial charge in [-0.2, -0.15) is 11.8 Å². The van der Waals surface area contributed by atoms with Crippen molar-refractivity contribution in [3.8, 4) is 5.75 Å². The number of nitrogens with two attached hydrogens (primary N) is 6. The van der Waals surface area contributed by atoms with Gasteiger partial charge in [0.1, 0.15) is 71.7 Å². The third-order valence-electron chi connectivity index (χ3n) is 17.9. The molecule has 1 aliphatic heterocycles. The van der Waals surface area contributed by atoms with Crippen LogP contribution in [0, 0.1) is 5.41 Å². The number of carboxylic acid groups (broad SMARTS) is 1. The molecule has 114 heavy (non-hydrogen) atoms. The molecule has 1 saturated heterocycles. The highest BCUT2D eigenvalue weighted by Crippen LogP contribution is 2.23. The van der Waals surface area contributed by atoms with E-state index < -0.39 is 249 Å². The van der Waals surface area contributed by atoms with Crippen molar-refractivity contribution in [2.24, 2.45) is 34.4 Å². The first-order valence-electron chi connectivity index (χ1n) is 36.2. The van der Waals surface area contributed by atoms with E-state index in [4.69, 9.17) is 44.5 Å². The highest BCUT2D eigenvalue weighted by molar-refractivity contribution is 7.99. The second-order valence-electron chi connectivity index (χ2n) is 27.2. The molecule has 1 aliphatic rings. The largest absolute Gasteiger partial charge is 0.497 e. The fraction of sp³-hybridized carbons (Fsp3) is 0.472. The lowest BCUT2D eigenvalue weighted by Gasteiger charge is -2.34. The number of H-pyrrole nitrogens is 1. The van der Waals surface area contributed by atoms with Crippen molar-refractivity contribution >= 4 is 135 Å². The van der Waals surface area contributed by atoms with Crippen molar-refractivity contribution in [1.29, 1.82) is 5.41 Å². The van der Waals surface area contributed by atoms with Gasteiger partial charge < -0.3 is 123 Å². The molecule has 1 aromatic heterocycles. The van der Waals surface area contributed by atoms with E-state index in [1.807, 2.05) is 0 Å². The van der Waals surface area contributed by atoms with Gasteiger partial charge in [0.2, 0.25) is 94.5 Å². The van der Waals surface area contributed by atoms with Crippen LogP contribution in [0.4, 0.5) is 5.69 Å². The molecule has 4 aromatic rings. The van der Waals surface area contributed by atoms with Crippen LogP contribution in [0.2, 0.25) is 0 Å². The number of carbonyl (C=O) groups is 17. The number of carboxylic acids is 1. The van der Waals surface area contributed by atoms with Crippen LogP contribution in [-0.4, -0.2) is 225 Å². The Bertz CT molecular complexity index is 4150. The second-order valence-corrected chi connectivity index (χ2v) is 28.4. The number of aliphatic carboxylic acids is 1. The number of benzene rings is 3. The van der Waals surface area contributed by atoms with E-state index in [1.165, 1.54) is 68.8 Å². The number of unbranched alkanes of at least 4 members (excludes halogenated alkanes) is 1. The fourth-order valence-electron chi connectivity index (χ4n) is 11.8. The first-order valence-corrected chi connectivity index (χ1v) is 37.3. The smallest absolute Gasteiger partial charge is 0.303 e. The number of thioether (sulfide) groups is 1. The number of aromatic amines is 1. The van der Waals surface area contributed by atoms with Gasteiger partial charge in [0, 0.05) is 74.0 Å². The summed E-state index contributed by atoms with van der Waals surface area (Å²) in [4.78, 5) is 238. The van der Waals surface area contributed by atoms with Gasteiger partial charge in [0.25, 0.3) is 0 Å². The van der Waals surface area contributed by atoms with Crippen molar-refractivity contribution in [3.05, 3.63) is 95.7 Å². The Morgan fingerprint density at radius 2 is 1.22 bits per heavy atom. The summed E-state index contributed by atoms with van der Waals surface area (Å²) in [5.41, 5.74) is 33.0. The number of guanidine groups is 1. The zero-order valence-electron chi connectivity index (χ0n) is 63.2. The van der Waals surface area contributed by atoms with Gasteiger partial charge in [-0.3, -0.25) is 86.9 Å². The molecule has 16 amide bonds. The Kier molecular flexibility index (Phi) is 36.5. The summed E-state index contributed by atoms with van der Waals surface area (Å²) < 4.78 is 5.37. The van der Waals surface area contributed by atoms with E-state index in [2.05, 4.69) is 74.1 Å². The van der Waals surface area contributed by atoms with Crippen molar-refractivity contribution in [3.63, 3.8) is 0 Å². The minimum atomic E-state index is -2.12. The van der Waals surface area contributed by atoms with Crippen LogP contribution in [0.25, 0.3) is 10.9 Å². The number of aliphatic hydroxyl groups is 1. The van der Waals surface area contributed by atoms with Gasteiger partial charge in [-0.1, -0.05) is 42.5 Å². The maximum atomic E-state index is 15.5. The van der Waals surface area contributed by atoms with Crippen LogP contribution < -0.4 is 108 Å². The molecule has 0 aliphatic carbocycles. The number of nitrogens with one attached hydrogen (secondary N) is 15. The molecular weight excluding hydrogens is 1510 g/mol. The first kappa shape index (κ1) is 92.1. The highest BCUT2D eigenvalue weighted by atomic mass is 32.2. The number of para-hydroxylation sites is 1. The van der Waals surface area contributed by atoms with Crippen LogP contribution in [0.1, 0.15) is 108 Å². The third kappa shape index (κ3) is 30.7. The number of aromatic nitrogens is 1. The Morgan fingerprint density at radius 3 is 1.79 bits per heavy atom. The summed E-state index contributed by atoms with van der Waals surface area (Å²) in [6, 6.07) is 1.44. The maximum absolute atomic E-state index is 15.5. The summed E-state index contributed by atoms with van der Waals surface area (Å²) in [6.07, 6.45) is -5.96.